The van der Waals surface area contributed by atoms with Crippen LogP contribution in [0.1, 0.15) is 5.69 Å². The first-order valence-electron chi connectivity index (χ1n) is 10.00. The minimum Gasteiger partial charge on any atom is -0.363 e. The van der Waals surface area contributed by atoms with E-state index in [9.17, 15) is 4.79 Å². The number of aromatic nitrogens is 6. The van der Waals surface area contributed by atoms with Crippen molar-refractivity contribution in [1.29, 1.82) is 0 Å². The van der Waals surface area contributed by atoms with Crippen LogP contribution in [0.25, 0.3) is 38.9 Å². The monoisotopic (exact) mass is 413 g/mol. The maximum Gasteiger partial charge on any atom is 0.334 e. The van der Waals surface area contributed by atoms with E-state index in [0.717, 1.165) is 50.4 Å². The first-order valence-corrected chi connectivity index (χ1v) is 10.00. The Morgan fingerprint density at radius 3 is 2.35 bits per heavy atom. The summed E-state index contributed by atoms with van der Waals surface area (Å²) in [7, 11) is 7.55. The number of rotatable bonds is 3. The van der Waals surface area contributed by atoms with Crippen molar-refractivity contribution in [3.8, 4) is 16.9 Å². The number of aryl methyl sites for hydroxylation is 3. The van der Waals surface area contributed by atoms with E-state index in [4.69, 9.17) is 0 Å². The quantitative estimate of drug-likeness (QED) is 0.455. The van der Waals surface area contributed by atoms with Gasteiger partial charge >= 0.3 is 5.69 Å². The van der Waals surface area contributed by atoms with Crippen molar-refractivity contribution in [1.82, 2.24) is 28.9 Å². The molecule has 5 rings (SSSR count). The van der Waals surface area contributed by atoms with Crippen LogP contribution in [0, 0.1) is 6.92 Å². The molecule has 4 aromatic heterocycles. The lowest BCUT2D eigenvalue weighted by atomic mass is 10.0. The molecule has 0 atom stereocenters. The lowest BCUT2D eigenvalue weighted by molar-refractivity contribution is 0.711. The Bertz CT molecular complexity index is 1500. The zero-order valence-corrected chi connectivity index (χ0v) is 18.2. The first-order chi connectivity index (χ1) is 14.8. The van der Waals surface area contributed by atoms with Crippen LogP contribution in [-0.4, -0.2) is 43.0 Å². The van der Waals surface area contributed by atoms with Gasteiger partial charge in [0.2, 0.25) is 0 Å². The SMILES string of the molecule is Cc1cc(-n2c(=O)n(C)c3cnc4ccc(-c5ccc(N(C)C)nc5)cc4c32)n(C)n1. The summed E-state index contributed by atoms with van der Waals surface area (Å²) in [4.78, 5) is 24.3. The van der Waals surface area contributed by atoms with E-state index in [-0.39, 0.29) is 5.69 Å². The summed E-state index contributed by atoms with van der Waals surface area (Å²) >= 11 is 0. The number of hydrogen-bond donors (Lipinski definition) is 0. The zero-order chi connectivity index (χ0) is 21.9. The summed E-state index contributed by atoms with van der Waals surface area (Å²) < 4.78 is 5.08. The number of pyridine rings is 2. The molecule has 0 bridgehead atoms. The van der Waals surface area contributed by atoms with Gasteiger partial charge in [-0.15, -0.1) is 0 Å². The van der Waals surface area contributed by atoms with Gasteiger partial charge in [-0.1, -0.05) is 6.07 Å². The summed E-state index contributed by atoms with van der Waals surface area (Å²) in [6.07, 6.45) is 3.62. The summed E-state index contributed by atoms with van der Waals surface area (Å²) in [5.41, 5.74) is 5.17. The number of nitrogens with zero attached hydrogens (tertiary/aromatic N) is 7. The van der Waals surface area contributed by atoms with Crippen molar-refractivity contribution in [2.45, 2.75) is 6.92 Å². The first kappa shape index (κ1) is 19.0. The maximum absolute atomic E-state index is 13.2. The molecule has 0 spiro atoms. The van der Waals surface area contributed by atoms with Gasteiger partial charge in [-0.3, -0.25) is 14.2 Å². The Balaban J connectivity index is 1.81. The van der Waals surface area contributed by atoms with Gasteiger partial charge in [0, 0.05) is 51.4 Å². The predicted molar refractivity (Wildman–Crippen MR) is 123 cm³/mol. The highest BCUT2D eigenvalue weighted by molar-refractivity contribution is 6.04. The molecule has 0 aliphatic carbocycles. The van der Waals surface area contributed by atoms with E-state index in [2.05, 4.69) is 27.2 Å². The van der Waals surface area contributed by atoms with Gasteiger partial charge in [0.1, 0.15) is 11.6 Å². The molecule has 5 aromatic rings. The van der Waals surface area contributed by atoms with Crippen molar-refractivity contribution in [2.75, 3.05) is 19.0 Å². The third-order valence-corrected chi connectivity index (χ3v) is 5.63. The summed E-state index contributed by atoms with van der Waals surface area (Å²) in [5.74, 6) is 1.63. The molecule has 31 heavy (non-hydrogen) atoms. The topological polar surface area (TPSA) is 73.8 Å². The van der Waals surface area contributed by atoms with Gasteiger partial charge in [-0.05, 0) is 36.8 Å². The fourth-order valence-electron chi connectivity index (χ4n) is 4.02. The fraction of sp³-hybridized carbons (Fsp3) is 0.217. The molecule has 0 fully saturated rings. The third kappa shape index (κ3) is 2.91. The number of imidazole rings is 1. The number of benzene rings is 1. The molecule has 0 unspecified atom stereocenters. The van der Waals surface area contributed by atoms with Crippen molar-refractivity contribution < 1.29 is 0 Å². The second-order valence-electron chi connectivity index (χ2n) is 7.97. The highest BCUT2D eigenvalue weighted by atomic mass is 16.1. The third-order valence-electron chi connectivity index (χ3n) is 5.63. The largest absolute Gasteiger partial charge is 0.363 e. The molecule has 8 nitrogen and oxygen atoms in total. The van der Waals surface area contributed by atoms with Crippen LogP contribution in [0.15, 0.2) is 53.6 Å². The van der Waals surface area contributed by atoms with E-state index < -0.39 is 0 Å². The second kappa shape index (κ2) is 6.80. The minimum absolute atomic E-state index is 0.130. The average Bonchev–Trinajstić information content (AvgIpc) is 3.22. The van der Waals surface area contributed by atoms with Gasteiger partial charge in [-0.25, -0.2) is 14.3 Å². The van der Waals surface area contributed by atoms with E-state index >= 15 is 0 Å². The van der Waals surface area contributed by atoms with Crippen LogP contribution in [-0.2, 0) is 14.1 Å². The molecule has 0 aliphatic heterocycles. The second-order valence-corrected chi connectivity index (χ2v) is 7.97. The van der Waals surface area contributed by atoms with E-state index in [1.54, 1.807) is 27.1 Å². The lowest BCUT2D eigenvalue weighted by Gasteiger charge is -2.12. The Labute approximate surface area is 179 Å². The van der Waals surface area contributed by atoms with Gasteiger partial charge < -0.3 is 4.90 Å². The molecule has 4 heterocycles. The van der Waals surface area contributed by atoms with Crippen molar-refractivity contribution in [3.63, 3.8) is 0 Å². The maximum atomic E-state index is 13.2. The molecule has 0 N–H and O–H groups in total. The molecule has 156 valence electrons. The summed E-state index contributed by atoms with van der Waals surface area (Å²) in [6.45, 7) is 1.92. The Kier molecular flexibility index (Phi) is 4.18. The Hall–Kier alpha value is -3.94. The molecular formula is C23H23N7O. The molecule has 0 radical (unpaired) electrons. The van der Waals surface area contributed by atoms with E-state index in [0.29, 0.717) is 0 Å². The van der Waals surface area contributed by atoms with Crippen LogP contribution >= 0.6 is 0 Å². The molecular weight excluding hydrogens is 390 g/mol. The van der Waals surface area contributed by atoms with Gasteiger partial charge in [-0.2, -0.15) is 5.10 Å². The molecule has 0 saturated heterocycles. The van der Waals surface area contributed by atoms with Gasteiger partial charge in [0.05, 0.1) is 28.4 Å². The molecule has 0 amide bonds. The van der Waals surface area contributed by atoms with Gasteiger partial charge in [0.15, 0.2) is 0 Å². The normalized spacial score (nSPS) is 11.5. The van der Waals surface area contributed by atoms with Crippen molar-refractivity contribution in [3.05, 3.63) is 65.0 Å². The van der Waals surface area contributed by atoms with Crippen LogP contribution in [0.2, 0.25) is 0 Å². The standard InChI is InChI=1S/C23H23N7O/c1-14-10-21(29(5)26-14)30-22-17-11-15(16-7-9-20(25-12-16)27(2)3)6-8-18(17)24-13-19(22)28(4)23(30)31/h6-13H,1-5H3. The number of fused-ring (bicyclic) bond motifs is 3. The van der Waals surface area contributed by atoms with Crippen molar-refractivity contribution >= 4 is 27.8 Å². The molecule has 1 aromatic carbocycles. The lowest BCUT2D eigenvalue weighted by Crippen LogP contribution is -2.22. The highest BCUT2D eigenvalue weighted by Gasteiger charge is 2.19. The predicted octanol–water partition coefficient (Wildman–Crippen LogP) is 3.05. The minimum atomic E-state index is -0.130. The Morgan fingerprint density at radius 2 is 1.71 bits per heavy atom. The van der Waals surface area contributed by atoms with Gasteiger partial charge in [0.25, 0.3) is 0 Å². The van der Waals surface area contributed by atoms with Crippen molar-refractivity contribution in [2.24, 2.45) is 14.1 Å². The fourth-order valence-corrected chi connectivity index (χ4v) is 4.02. The molecule has 0 saturated carbocycles. The number of anilines is 1. The van der Waals surface area contributed by atoms with Crippen LogP contribution in [0.4, 0.5) is 5.82 Å². The highest BCUT2D eigenvalue weighted by Crippen LogP contribution is 2.30. The summed E-state index contributed by atoms with van der Waals surface area (Å²) in [6, 6.07) is 12.1. The zero-order valence-electron chi connectivity index (χ0n) is 18.2. The smallest absolute Gasteiger partial charge is 0.334 e. The van der Waals surface area contributed by atoms with Crippen LogP contribution < -0.4 is 10.6 Å². The average molecular weight is 413 g/mol. The van der Waals surface area contributed by atoms with Crippen LogP contribution in [0.3, 0.4) is 0 Å². The Morgan fingerprint density at radius 1 is 0.935 bits per heavy atom. The molecule has 8 heteroatoms. The van der Waals surface area contributed by atoms with E-state index in [1.807, 2.05) is 63.4 Å². The number of hydrogen-bond acceptors (Lipinski definition) is 5. The van der Waals surface area contributed by atoms with E-state index in [1.165, 1.54) is 0 Å². The molecule has 0 aliphatic rings. The summed E-state index contributed by atoms with van der Waals surface area (Å²) in [5, 5.41) is 5.34. The van der Waals surface area contributed by atoms with Crippen LogP contribution in [0.5, 0.6) is 0 Å².